The zero-order valence-electron chi connectivity index (χ0n) is 10.4. The van der Waals surface area contributed by atoms with Crippen molar-refractivity contribution in [3.63, 3.8) is 0 Å². The molecule has 2 amide bonds. The Balaban J connectivity index is 1.94. The molecule has 0 fully saturated rings. The van der Waals surface area contributed by atoms with Crippen LogP contribution in [0.2, 0.25) is 0 Å². The van der Waals surface area contributed by atoms with Gasteiger partial charge >= 0.3 is 6.03 Å². The van der Waals surface area contributed by atoms with Gasteiger partial charge in [-0.25, -0.2) is 9.78 Å². The first-order valence-corrected chi connectivity index (χ1v) is 6.58. The molecule has 5 heteroatoms. The Bertz CT molecular complexity index is 533. The van der Waals surface area contributed by atoms with E-state index in [9.17, 15) is 4.79 Å². The average Bonchev–Trinajstić information content (AvgIpc) is 2.75. The SMILES string of the molecule is CCc1ccc(NC(=O)Nc2ncc(C)s2)cc1. The van der Waals surface area contributed by atoms with Gasteiger partial charge in [0.25, 0.3) is 0 Å². The Hall–Kier alpha value is -1.88. The lowest BCUT2D eigenvalue weighted by Gasteiger charge is -2.05. The van der Waals surface area contributed by atoms with E-state index in [2.05, 4.69) is 22.5 Å². The largest absolute Gasteiger partial charge is 0.325 e. The van der Waals surface area contributed by atoms with Crippen LogP contribution in [0.4, 0.5) is 15.6 Å². The van der Waals surface area contributed by atoms with Gasteiger partial charge < -0.3 is 5.32 Å². The quantitative estimate of drug-likeness (QED) is 0.886. The highest BCUT2D eigenvalue weighted by Gasteiger charge is 2.05. The number of aromatic nitrogens is 1. The zero-order chi connectivity index (χ0) is 13.0. The molecule has 1 aromatic carbocycles. The van der Waals surface area contributed by atoms with E-state index in [1.165, 1.54) is 16.9 Å². The Morgan fingerprint density at radius 3 is 2.56 bits per heavy atom. The molecule has 0 radical (unpaired) electrons. The molecule has 1 heterocycles. The van der Waals surface area contributed by atoms with Gasteiger partial charge in [-0.05, 0) is 31.0 Å². The Morgan fingerprint density at radius 1 is 1.28 bits per heavy atom. The van der Waals surface area contributed by atoms with Crippen LogP contribution < -0.4 is 10.6 Å². The molecular weight excluding hydrogens is 246 g/mol. The third-order valence-corrected chi connectivity index (χ3v) is 3.29. The molecule has 1 aromatic heterocycles. The summed E-state index contributed by atoms with van der Waals surface area (Å²) in [7, 11) is 0. The highest BCUT2D eigenvalue weighted by Crippen LogP contribution is 2.17. The summed E-state index contributed by atoms with van der Waals surface area (Å²) >= 11 is 1.45. The third-order valence-electron chi connectivity index (χ3n) is 2.46. The number of thiazole rings is 1. The van der Waals surface area contributed by atoms with Crippen molar-refractivity contribution in [2.75, 3.05) is 10.6 Å². The predicted octanol–water partition coefficient (Wildman–Crippen LogP) is 3.66. The second-order valence-corrected chi connectivity index (χ2v) is 5.14. The molecule has 0 saturated carbocycles. The average molecular weight is 261 g/mol. The number of carbonyl (C=O) groups excluding carboxylic acids is 1. The first-order valence-electron chi connectivity index (χ1n) is 5.76. The lowest BCUT2D eigenvalue weighted by atomic mass is 10.1. The highest BCUT2D eigenvalue weighted by atomic mass is 32.1. The standard InChI is InChI=1S/C13H15N3OS/c1-3-10-4-6-11(7-5-10)15-12(17)16-13-14-8-9(2)18-13/h4-8H,3H2,1-2H3,(H2,14,15,16,17). The van der Waals surface area contributed by atoms with Crippen molar-refractivity contribution < 1.29 is 4.79 Å². The van der Waals surface area contributed by atoms with Gasteiger partial charge in [-0.2, -0.15) is 0 Å². The van der Waals surface area contributed by atoms with E-state index in [1.54, 1.807) is 6.20 Å². The van der Waals surface area contributed by atoms with Crippen LogP contribution in [0.3, 0.4) is 0 Å². The fourth-order valence-corrected chi connectivity index (χ4v) is 2.16. The number of aryl methyl sites for hydroxylation is 2. The van der Waals surface area contributed by atoms with Gasteiger partial charge in [-0.15, -0.1) is 11.3 Å². The minimum absolute atomic E-state index is 0.270. The number of hydrogen-bond acceptors (Lipinski definition) is 3. The molecule has 0 atom stereocenters. The number of rotatable bonds is 3. The van der Waals surface area contributed by atoms with Gasteiger partial charge in [0.1, 0.15) is 0 Å². The number of amides is 2. The Labute approximate surface area is 110 Å². The Morgan fingerprint density at radius 2 is 2.00 bits per heavy atom. The van der Waals surface area contributed by atoms with Gasteiger partial charge in [0, 0.05) is 16.8 Å². The number of hydrogen-bond donors (Lipinski definition) is 2. The second kappa shape index (κ2) is 5.64. The van der Waals surface area contributed by atoms with Crippen molar-refractivity contribution >= 4 is 28.2 Å². The molecule has 0 unspecified atom stereocenters. The van der Waals surface area contributed by atoms with Crippen LogP contribution in [0.25, 0.3) is 0 Å². The van der Waals surface area contributed by atoms with Crippen LogP contribution in [0.15, 0.2) is 30.5 Å². The smallest absolute Gasteiger partial charge is 0.308 e. The summed E-state index contributed by atoms with van der Waals surface area (Å²) in [4.78, 5) is 16.8. The molecule has 2 aromatic rings. The van der Waals surface area contributed by atoms with Crippen molar-refractivity contribution in [3.8, 4) is 0 Å². The Kier molecular flexibility index (Phi) is 3.94. The van der Waals surface area contributed by atoms with Crippen molar-refractivity contribution in [2.45, 2.75) is 20.3 Å². The fourth-order valence-electron chi connectivity index (χ4n) is 1.50. The molecular formula is C13H15N3OS. The van der Waals surface area contributed by atoms with Crippen molar-refractivity contribution in [2.24, 2.45) is 0 Å². The third kappa shape index (κ3) is 3.30. The molecule has 2 rings (SSSR count). The summed E-state index contributed by atoms with van der Waals surface area (Å²) in [6, 6.07) is 7.53. The van der Waals surface area contributed by atoms with Crippen LogP contribution in [-0.4, -0.2) is 11.0 Å². The number of nitrogens with one attached hydrogen (secondary N) is 2. The fraction of sp³-hybridized carbons (Fsp3) is 0.231. The van der Waals surface area contributed by atoms with Crippen molar-refractivity contribution in [1.29, 1.82) is 0 Å². The van der Waals surface area contributed by atoms with E-state index in [1.807, 2.05) is 31.2 Å². The minimum Gasteiger partial charge on any atom is -0.308 e. The highest BCUT2D eigenvalue weighted by molar-refractivity contribution is 7.15. The molecule has 0 aliphatic rings. The summed E-state index contributed by atoms with van der Waals surface area (Å²) in [5, 5.41) is 6.07. The molecule has 2 N–H and O–H groups in total. The summed E-state index contributed by atoms with van der Waals surface area (Å²) in [6.07, 6.45) is 2.72. The predicted molar refractivity (Wildman–Crippen MR) is 75.3 cm³/mol. The molecule has 0 bridgehead atoms. The van der Waals surface area contributed by atoms with Gasteiger partial charge in [-0.3, -0.25) is 5.32 Å². The number of carbonyl (C=O) groups is 1. The molecule has 94 valence electrons. The van der Waals surface area contributed by atoms with Crippen LogP contribution in [0.1, 0.15) is 17.4 Å². The van der Waals surface area contributed by atoms with Crippen LogP contribution in [-0.2, 0) is 6.42 Å². The zero-order valence-corrected chi connectivity index (χ0v) is 11.2. The first kappa shape index (κ1) is 12.6. The molecule has 0 spiro atoms. The van der Waals surface area contributed by atoms with Crippen molar-refractivity contribution in [3.05, 3.63) is 40.9 Å². The van der Waals surface area contributed by atoms with E-state index in [4.69, 9.17) is 0 Å². The maximum atomic E-state index is 11.7. The molecule has 18 heavy (non-hydrogen) atoms. The monoisotopic (exact) mass is 261 g/mol. The van der Waals surface area contributed by atoms with Gasteiger partial charge in [-0.1, -0.05) is 19.1 Å². The molecule has 4 nitrogen and oxygen atoms in total. The number of nitrogens with zero attached hydrogens (tertiary/aromatic N) is 1. The topological polar surface area (TPSA) is 54.0 Å². The normalized spacial score (nSPS) is 10.1. The van der Waals surface area contributed by atoms with E-state index in [0.29, 0.717) is 5.13 Å². The second-order valence-electron chi connectivity index (χ2n) is 3.91. The maximum Gasteiger partial charge on any atom is 0.325 e. The van der Waals surface area contributed by atoms with Gasteiger partial charge in [0.05, 0.1) is 0 Å². The van der Waals surface area contributed by atoms with Crippen LogP contribution >= 0.6 is 11.3 Å². The summed E-state index contributed by atoms with van der Waals surface area (Å²) in [5.74, 6) is 0. The maximum absolute atomic E-state index is 11.7. The van der Waals surface area contributed by atoms with Gasteiger partial charge in [0.15, 0.2) is 5.13 Å². The van der Waals surface area contributed by atoms with Crippen LogP contribution in [0, 0.1) is 6.92 Å². The van der Waals surface area contributed by atoms with E-state index < -0.39 is 0 Å². The number of anilines is 2. The van der Waals surface area contributed by atoms with Crippen molar-refractivity contribution in [1.82, 2.24) is 4.98 Å². The number of urea groups is 1. The summed E-state index contributed by atoms with van der Waals surface area (Å²) in [6.45, 7) is 4.05. The summed E-state index contributed by atoms with van der Waals surface area (Å²) in [5.41, 5.74) is 2.02. The van der Waals surface area contributed by atoms with E-state index in [-0.39, 0.29) is 6.03 Å². The molecule has 0 aliphatic carbocycles. The van der Waals surface area contributed by atoms with E-state index >= 15 is 0 Å². The van der Waals surface area contributed by atoms with E-state index in [0.717, 1.165) is 17.0 Å². The number of benzene rings is 1. The first-order chi connectivity index (χ1) is 8.67. The minimum atomic E-state index is -0.270. The van der Waals surface area contributed by atoms with Crippen LogP contribution in [0.5, 0.6) is 0 Å². The lowest BCUT2D eigenvalue weighted by Crippen LogP contribution is -2.19. The molecule has 0 aliphatic heterocycles. The summed E-state index contributed by atoms with van der Waals surface area (Å²) < 4.78 is 0. The lowest BCUT2D eigenvalue weighted by molar-refractivity contribution is 0.262. The van der Waals surface area contributed by atoms with Gasteiger partial charge in [0.2, 0.25) is 0 Å². The molecule has 0 saturated heterocycles.